The molecule has 0 bridgehead atoms. The van der Waals surface area contributed by atoms with E-state index in [-0.39, 0.29) is 23.6 Å². The van der Waals surface area contributed by atoms with Crippen molar-refractivity contribution in [2.75, 3.05) is 26.7 Å². The molecule has 3 N–H and O–H groups in total. The van der Waals surface area contributed by atoms with Crippen LogP contribution in [0.1, 0.15) is 80.8 Å². The molecule has 2 saturated heterocycles. The highest BCUT2D eigenvalue weighted by Crippen LogP contribution is 2.36. The minimum absolute atomic E-state index is 0.0687. The van der Waals surface area contributed by atoms with Crippen LogP contribution in [0.3, 0.4) is 0 Å². The smallest absolute Gasteiger partial charge is 0.252 e. The van der Waals surface area contributed by atoms with Gasteiger partial charge >= 0.3 is 0 Å². The number of piperazine rings is 1. The van der Waals surface area contributed by atoms with Crippen LogP contribution in [0.2, 0.25) is 0 Å². The normalized spacial score (nSPS) is 24.0. The zero-order chi connectivity index (χ0) is 25.7. The third-order valence-corrected chi connectivity index (χ3v) is 8.35. The molecule has 36 heavy (non-hydrogen) atoms. The molecular formula is C27H41N5O4. The molecule has 1 aromatic rings. The van der Waals surface area contributed by atoms with Gasteiger partial charge in [0, 0.05) is 39.4 Å². The van der Waals surface area contributed by atoms with Crippen LogP contribution in [0.15, 0.2) is 18.3 Å². The van der Waals surface area contributed by atoms with Crippen molar-refractivity contribution in [2.24, 2.45) is 5.92 Å². The molecule has 3 heterocycles. The number of likely N-dealkylation sites (tertiary alicyclic amines) is 1. The molecule has 2 atom stereocenters. The monoisotopic (exact) mass is 499 g/mol. The molecule has 3 aliphatic rings. The van der Waals surface area contributed by atoms with E-state index in [0.29, 0.717) is 44.6 Å². The molecule has 9 heteroatoms. The van der Waals surface area contributed by atoms with Crippen molar-refractivity contribution >= 4 is 17.7 Å². The van der Waals surface area contributed by atoms with Crippen molar-refractivity contribution < 1.29 is 19.5 Å². The Hall–Kier alpha value is -2.52. The topological polar surface area (TPSA) is 115 Å². The quantitative estimate of drug-likeness (QED) is 0.503. The number of amides is 3. The molecule has 198 valence electrons. The Morgan fingerprint density at radius 3 is 2.56 bits per heavy atom. The molecule has 0 radical (unpaired) electrons. The van der Waals surface area contributed by atoms with Crippen molar-refractivity contribution in [3.63, 3.8) is 0 Å². The van der Waals surface area contributed by atoms with Gasteiger partial charge in [0.15, 0.2) is 0 Å². The van der Waals surface area contributed by atoms with Gasteiger partial charge in [0.2, 0.25) is 11.8 Å². The number of rotatable bonds is 8. The lowest BCUT2D eigenvalue weighted by Crippen LogP contribution is -2.75. The van der Waals surface area contributed by atoms with Gasteiger partial charge in [0.25, 0.3) is 5.91 Å². The number of pyridine rings is 1. The number of carbonyl (C=O) groups excluding carboxylic acids is 3. The lowest BCUT2D eigenvalue weighted by Gasteiger charge is -2.52. The first-order valence-electron chi connectivity index (χ1n) is 13.6. The second-order valence-electron chi connectivity index (χ2n) is 10.6. The molecule has 1 aromatic heterocycles. The highest BCUT2D eigenvalue weighted by molar-refractivity contribution is 6.00. The van der Waals surface area contributed by atoms with Crippen LogP contribution in [0.5, 0.6) is 0 Å². The molecule has 1 saturated carbocycles. The number of hydrogen-bond donors (Lipinski definition) is 3. The van der Waals surface area contributed by atoms with Crippen LogP contribution >= 0.6 is 0 Å². The largest absolute Gasteiger partial charge is 0.390 e. The fourth-order valence-corrected chi connectivity index (χ4v) is 6.06. The zero-order valence-electron chi connectivity index (χ0n) is 21.7. The minimum Gasteiger partial charge on any atom is -0.390 e. The molecule has 0 aromatic carbocycles. The summed E-state index contributed by atoms with van der Waals surface area (Å²) in [7, 11) is 1.59. The van der Waals surface area contributed by atoms with Crippen molar-refractivity contribution in [1.82, 2.24) is 25.4 Å². The molecule has 1 aliphatic carbocycles. The minimum atomic E-state index is -0.859. The molecule has 3 fully saturated rings. The molecular weight excluding hydrogens is 458 g/mol. The van der Waals surface area contributed by atoms with E-state index in [4.69, 9.17) is 0 Å². The lowest BCUT2D eigenvalue weighted by molar-refractivity contribution is -0.166. The number of aliphatic hydroxyl groups is 1. The zero-order valence-corrected chi connectivity index (χ0v) is 21.7. The maximum Gasteiger partial charge on any atom is 0.252 e. The number of nitrogens with zero attached hydrogens (tertiary/aromatic N) is 3. The number of unbranched alkanes of at least 4 members (excludes halogenated alkanes) is 1. The fourth-order valence-electron chi connectivity index (χ4n) is 6.06. The van der Waals surface area contributed by atoms with Gasteiger partial charge in [-0.25, -0.2) is 0 Å². The highest BCUT2D eigenvalue weighted by atomic mass is 16.3. The number of piperidine rings is 1. The van der Waals surface area contributed by atoms with Gasteiger partial charge < -0.3 is 20.6 Å². The Morgan fingerprint density at radius 2 is 1.94 bits per heavy atom. The number of nitrogens with one attached hydrogen (secondary N) is 2. The number of carbonyl (C=O) groups is 3. The lowest BCUT2D eigenvalue weighted by atomic mass is 9.78. The Balaban J connectivity index is 1.44. The third kappa shape index (κ3) is 5.42. The third-order valence-electron chi connectivity index (χ3n) is 8.35. The van der Waals surface area contributed by atoms with Crippen LogP contribution < -0.4 is 10.6 Å². The van der Waals surface area contributed by atoms with E-state index in [2.05, 4.69) is 27.4 Å². The highest BCUT2D eigenvalue weighted by Gasteiger charge is 2.55. The van der Waals surface area contributed by atoms with Crippen molar-refractivity contribution in [3.8, 4) is 0 Å². The summed E-state index contributed by atoms with van der Waals surface area (Å²) in [4.78, 5) is 47.5. The number of aliphatic hydroxyl groups excluding tert-OH is 1. The van der Waals surface area contributed by atoms with Crippen LogP contribution in [-0.4, -0.2) is 82.0 Å². The van der Waals surface area contributed by atoms with Crippen LogP contribution in [0.4, 0.5) is 0 Å². The van der Waals surface area contributed by atoms with Crippen molar-refractivity contribution in [1.29, 1.82) is 0 Å². The van der Waals surface area contributed by atoms with Gasteiger partial charge in [0.05, 0.1) is 17.4 Å². The van der Waals surface area contributed by atoms with Crippen LogP contribution in [0.25, 0.3) is 0 Å². The van der Waals surface area contributed by atoms with E-state index in [1.54, 1.807) is 24.2 Å². The Bertz CT molecular complexity index is 923. The maximum absolute atomic E-state index is 13.7. The Morgan fingerprint density at radius 1 is 1.22 bits per heavy atom. The number of hydrogen-bond acceptors (Lipinski definition) is 6. The molecule has 9 nitrogen and oxygen atoms in total. The average Bonchev–Trinajstić information content (AvgIpc) is 2.92. The van der Waals surface area contributed by atoms with Gasteiger partial charge in [-0.3, -0.25) is 24.3 Å². The Kier molecular flexibility index (Phi) is 8.62. The second kappa shape index (κ2) is 11.7. The maximum atomic E-state index is 13.7. The van der Waals surface area contributed by atoms with Gasteiger partial charge in [-0.05, 0) is 50.2 Å². The van der Waals surface area contributed by atoms with Gasteiger partial charge in [-0.1, -0.05) is 32.6 Å². The Labute approximate surface area is 214 Å². The summed E-state index contributed by atoms with van der Waals surface area (Å²) in [5.74, 6) is -0.341. The summed E-state index contributed by atoms with van der Waals surface area (Å²) < 4.78 is 0. The molecule has 4 rings (SSSR count). The average molecular weight is 500 g/mol. The summed E-state index contributed by atoms with van der Waals surface area (Å²) in [5, 5.41) is 16.7. The van der Waals surface area contributed by atoms with E-state index in [1.807, 2.05) is 6.07 Å². The van der Waals surface area contributed by atoms with Crippen LogP contribution in [0, 0.1) is 5.92 Å². The van der Waals surface area contributed by atoms with Gasteiger partial charge in [-0.2, -0.15) is 0 Å². The van der Waals surface area contributed by atoms with E-state index in [0.717, 1.165) is 44.2 Å². The molecule has 2 aliphatic heterocycles. The van der Waals surface area contributed by atoms with Gasteiger partial charge in [0.1, 0.15) is 11.6 Å². The molecule has 0 unspecified atom stereocenters. The van der Waals surface area contributed by atoms with E-state index in [1.165, 1.54) is 6.42 Å². The summed E-state index contributed by atoms with van der Waals surface area (Å²) in [5.41, 5.74) is 0.524. The predicted octanol–water partition coefficient (Wildman–Crippen LogP) is 1.84. The predicted molar refractivity (Wildman–Crippen MR) is 136 cm³/mol. The number of aromatic nitrogens is 1. The van der Waals surface area contributed by atoms with E-state index >= 15 is 0 Å². The van der Waals surface area contributed by atoms with Crippen LogP contribution in [-0.2, 0) is 16.1 Å². The molecule has 3 amide bonds. The summed E-state index contributed by atoms with van der Waals surface area (Å²) in [6.45, 7) is 4.58. The van der Waals surface area contributed by atoms with Crippen molar-refractivity contribution in [3.05, 3.63) is 29.6 Å². The summed E-state index contributed by atoms with van der Waals surface area (Å²) in [6.07, 6.45) is 8.75. The first kappa shape index (κ1) is 26.5. The van der Waals surface area contributed by atoms with E-state index in [9.17, 15) is 19.5 Å². The standard InChI is InChI=1S/C27H41N5O4/c1-3-4-14-32-25(35)22(23(33)19-8-6-5-7-9-19)30-26(36)27(32)12-15-31(16-13-27)18-21-11-10-20(17-29-21)24(34)28-2/h10-11,17,19,22-23,33H,3-9,12-16,18H2,1-2H3,(H,28,34)(H,30,36)/t22-,23-/m1/s1. The van der Waals surface area contributed by atoms with Gasteiger partial charge in [-0.15, -0.1) is 0 Å². The molecule has 1 spiro atoms. The first-order valence-corrected chi connectivity index (χ1v) is 13.6. The SMILES string of the molecule is CCCCN1C(=O)[C@@H]([C@H](O)C2CCCCC2)NC(=O)C12CCN(Cc1ccc(C(=O)NC)cn1)CC2. The first-order chi connectivity index (χ1) is 17.4. The second-order valence-corrected chi connectivity index (χ2v) is 10.6. The summed E-state index contributed by atoms with van der Waals surface area (Å²) in [6, 6.07) is 2.78. The van der Waals surface area contributed by atoms with Crippen molar-refractivity contribution in [2.45, 2.75) is 88.9 Å². The van der Waals surface area contributed by atoms with E-state index < -0.39 is 17.7 Å². The summed E-state index contributed by atoms with van der Waals surface area (Å²) >= 11 is 0. The fraction of sp³-hybridized carbons (Fsp3) is 0.704.